The van der Waals surface area contributed by atoms with Crippen LogP contribution in [0, 0.1) is 6.92 Å². The van der Waals surface area contributed by atoms with Crippen LogP contribution in [0.5, 0.6) is 5.75 Å². The molecule has 10 heteroatoms. The van der Waals surface area contributed by atoms with Gasteiger partial charge < -0.3 is 10.1 Å². The number of carbonyl (C=O) groups excluding carboxylic acids is 2. The third-order valence-corrected chi connectivity index (χ3v) is 4.26. The molecule has 0 atom stereocenters. The number of aromatic nitrogens is 3. The van der Waals surface area contributed by atoms with Crippen molar-refractivity contribution in [1.29, 1.82) is 0 Å². The number of halogens is 1. The molecule has 0 aliphatic rings. The van der Waals surface area contributed by atoms with E-state index in [-0.39, 0.29) is 12.2 Å². The molecule has 0 saturated carbocycles. The van der Waals surface area contributed by atoms with E-state index in [1.165, 1.54) is 4.68 Å². The van der Waals surface area contributed by atoms with Gasteiger partial charge in [0.25, 0.3) is 11.8 Å². The fourth-order valence-electron chi connectivity index (χ4n) is 2.51. The predicted octanol–water partition coefficient (Wildman–Crippen LogP) is 2.11. The van der Waals surface area contributed by atoms with Gasteiger partial charge in [0.2, 0.25) is 0 Å². The summed E-state index contributed by atoms with van der Waals surface area (Å²) in [5.41, 5.74) is 6.68. The first-order valence-electron chi connectivity index (χ1n) is 8.63. The summed E-state index contributed by atoms with van der Waals surface area (Å²) in [7, 11) is 1.58. The van der Waals surface area contributed by atoms with Crippen LogP contribution in [-0.2, 0) is 4.79 Å². The minimum absolute atomic E-state index is 0.0270. The van der Waals surface area contributed by atoms with Crippen LogP contribution >= 0.6 is 11.6 Å². The van der Waals surface area contributed by atoms with E-state index >= 15 is 0 Å². The maximum absolute atomic E-state index is 12.3. The average molecular weight is 415 g/mol. The number of carbonyl (C=O) groups is 2. The number of methoxy groups -OCH3 is 1. The molecule has 3 aromatic rings. The van der Waals surface area contributed by atoms with E-state index in [4.69, 9.17) is 16.3 Å². The highest BCUT2D eigenvalue weighted by Gasteiger charge is 2.18. The largest absolute Gasteiger partial charge is 0.497 e. The Balaban J connectivity index is 1.54. The molecule has 0 bridgehead atoms. The third kappa shape index (κ3) is 5.02. The lowest BCUT2D eigenvalue weighted by atomic mass is 10.3. The Hall–Kier alpha value is -3.59. The molecule has 0 radical (unpaired) electrons. The number of amides is 2. The van der Waals surface area contributed by atoms with Gasteiger partial charge in [-0.05, 0) is 49.4 Å². The van der Waals surface area contributed by atoms with Crippen molar-refractivity contribution in [3.05, 3.63) is 64.9 Å². The molecule has 29 heavy (non-hydrogen) atoms. The van der Waals surface area contributed by atoms with Gasteiger partial charge in [-0.2, -0.15) is 0 Å². The fraction of sp³-hybridized carbons (Fsp3) is 0.158. The van der Waals surface area contributed by atoms with E-state index < -0.39 is 11.8 Å². The molecule has 0 aliphatic carbocycles. The summed E-state index contributed by atoms with van der Waals surface area (Å²) in [6.07, 6.45) is 0. The van der Waals surface area contributed by atoms with E-state index in [1.54, 1.807) is 62.6 Å². The number of hydrogen-bond acceptors (Lipinski definition) is 6. The summed E-state index contributed by atoms with van der Waals surface area (Å²) < 4.78 is 6.57. The first kappa shape index (κ1) is 20.2. The maximum atomic E-state index is 12.3. The standard InChI is InChI=1S/C19H19ClN6O3/c1-12-18(23-25-26(12)15-5-3-4-13(20)10-15)19(28)24-22-17(27)11-21-14-6-8-16(29-2)9-7-14/h3-10,21H,11H2,1-2H3,(H,22,27)(H,24,28). The monoisotopic (exact) mass is 414 g/mol. The van der Waals surface area contributed by atoms with E-state index in [9.17, 15) is 9.59 Å². The minimum atomic E-state index is -0.575. The van der Waals surface area contributed by atoms with Crippen molar-refractivity contribution in [3.63, 3.8) is 0 Å². The summed E-state index contributed by atoms with van der Waals surface area (Å²) in [5, 5.41) is 11.3. The third-order valence-electron chi connectivity index (χ3n) is 4.02. The average Bonchev–Trinajstić information content (AvgIpc) is 3.12. The van der Waals surface area contributed by atoms with Crippen molar-refractivity contribution in [2.45, 2.75) is 6.92 Å². The summed E-state index contributed by atoms with van der Waals surface area (Å²) in [6.45, 7) is 1.67. The molecule has 0 unspecified atom stereocenters. The van der Waals surface area contributed by atoms with Gasteiger partial charge >= 0.3 is 0 Å². The van der Waals surface area contributed by atoms with Gasteiger partial charge in [0, 0.05) is 10.7 Å². The molecular formula is C19H19ClN6O3. The van der Waals surface area contributed by atoms with Crippen molar-refractivity contribution in [2.24, 2.45) is 0 Å². The lowest BCUT2D eigenvalue weighted by molar-refractivity contribution is -0.120. The zero-order valence-corrected chi connectivity index (χ0v) is 16.5. The Morgan fingerprint density at radius 3 is 2.59 bits per heavy atom. The number of benzene rings is 2. The molecule has 1 aromatic heterocycles. The Labute approximate surface area is 172 Å². The Kier molecular flexibility index (Phi) is 6.30. The number of nitrogens with one attached hydrogen (secondary N) is 3. The molecule has 2 amide bonds. The molecule has 9 nitrogen and oxygen atoms in total. The number of hydrogen-bond donors (Lipinski definition) is 3. The van der Waals surface area contributed by atoms with Crippen LogP contribution in [0.15, 0.2) is 48.5 Å². The van der Waals surface area contributed by atoms with Gasteiger partial charge in [-0.25, -0.2) is 4.68 Å². The second-order valence-electron chi connectivity index (χ2n) is 6.00. The molecule has 0 spiro atoms. The Bertz CT molecular complexity index is 1020. The lowest BCUT2D eigenvalue weighted by Gasteiger charge is -2.09. The molecule has 0 aliphatic heterocycles. The molecule has 3 rings (SSSR count). The van der Waals surface area contributed by atoms with E-state index in [1.807, 2.05) is 0 Å². The zero-order valence-electron chi connectivity index (χ0n) is 15.8. The second kappa shape index (κ2) is 9.07. The van der Waals surface area contributed by atoms with Gasteiger partial charge in [0.05, 0.1) is 25.0 Å². The van der Waals surface area contributed by atoms with Crippen molar-refractivity contribution in [2.75, 3.05) is 19.0 Å². The van der Waals surface area contributed by atoms with Gasteiger partial charge in [0.1, 0.15) is 5.75 Å². The van der Waals surface area contributed by atoms with Gasteiger partial charge in [-0.3, -0.25) is 20.4 Å². The number of ether oxygens (including phenoxy) is 1. The SMILES string of the molecule is COc1ccc(NCC(=O)NNC(=O)c2nnn(-c3cccc(Cl)c3)c2C)cc1. The van der Waals surface area contributed by atoms with Crippen molar-refractivity contribution >= 4 is 29.1 Å². The van der Waals surface area contributed by atoms with Crippen molar-refractivity contribution < 1.29 is 14.3 Å². The topological polar surface area (TPSA) is 110 Å². The first-order valence-corrected chi connectivity index (χ1v) is 9.01. The summed E-state index contributed by atoms with van der Waals surface area (Å²) in [5.74, 6) is -0.281. The van der Waals surface area contributed by atoms with Crippen LogP contribution in [0.2, 0.25) is 5.02 Å². The minimum Gasteiger partial charge on any atom is -0.497 e. The van der Waals surface area contributed by atoms with Crippen molar-refractivity contribution in [1.82, 2.24) is 25.8 Å². The highest BCUT2D eigenvalue weighted by Crippen LogP contribution is 2.17. The van der Waals surface area contributed by atoms with Crippen LogP contribution in [-0.4, -0.2) is 40.5 Å². The van der Waals surface area contributed by atoms with E-state index in [0.29, 0.717) is 22.2 Å². The highest BCUT2D eigenvalue weighted by atomic mass is 35.5. The molecule has 0 saturated heterocycles. The quantitative estimate of drug-likeness (QED) is 0.533. The fourth-order valence-corrected chi connectivity index (χ4v) is 2.70. The van der Waals surface area contributed by atoms with Gasteiger partial charge in [0.15, 0.2) is 5.69 Å². The van der Waals surface area contributed by atoms with E-state index in [0.717, 1.165) is 5.69 Å². The molecule has 150 valence electrons. The highest BCUT2D eigenvalue weighted by molar-refractivity contribution is 6.30. The molecule has 1 heterocycles. The molecular weight excluding hydrogens is 396 g/mol. The summed E-state index contributed by atoms with van der Waals surface area (Å²) >= 11 is 5.99. The number of rotatable bonds is 6. The van der Waals surface area contributed by atoms with Gasteiger partial charge in [-0.15, -0.1) is 5.10 Å². The Morgan fingerprint density at radius 2 is 1.90 bits per heavy atom. The summed E-state index contributed by atoms with van der Waals surface area (Å²) in [4.78, 5) is 24.3. The molecule has 2 aromatic carbocycles. The van der Waals surface area contributed by atoms with Crippen LogP contribution in [0.1, 0.15) is 16.2 Å². The van der Waals surface area contributed by atoms with Crippen LogP contribution in [0.3, 0.4) is 0 Å². The maximum Gasteiger partial charge on any atom is 0.292 e. The Morgan fingerprint density at radius 1 is 1.14 bits per heavy atom. The zero-order chi connectivity index (χ0) is 20.8. The molecule has 0 fully saturated rings. The second-order valence-corrected chi connectivity index (χ2v) is 6.44. The summed E-state index contributed by atoms with van der Waals surface area (Å²) in [6, 6.07) is 14.1. The smallest absolute Gasteiger partial charge is 0.292 e. The van der Waals surface area contributed by atoms with E-state index in [2.05, 4.69) is 26.5 Å². The number of anilines is 1. The van der Waals surface area contributed by atoms with Crippen LogP contribution < -0.4 is 20.9 Å². The number of nitrogens with zero attached hydrogens (tertiary/aromatic N) is 3. The van der Waals surface area contributed by atoms with Crippen molar-refractivity contribution in [3.8, 4) is 11.4 Å². The number of hydrazine groups is 1. The normalized spacial score (nSPS) is 10.3. The first-order chi connectivity index (χ1) is 14.0. The predicted molar refractivity (Wildman–Crippen MR) is 108 cm³/mol. The lowest BCUT2D eigenvalue weighted by Crippen LogP contribution is -2.44. The van der Waals surface area contributed by atoms with Crippen LogP contribution in [0.25, 0.3) is 5.69 Å². The molecule has 3 N–H and O–H groups in total. The van der Waals surface area contributed by atoms with Gasteiger partial charge in [-0.1, -0.05) is 22.9 Å². The van der Waals surface area contributed by atoms with Crippen LogP contribution in [0.4, 0.5) is 5.69 Å².